The lowest BCUT2D eigenvalue weighted by Gasteiger charge is -2.14. The quantitative estimate of drug-likeness (QED) is 0.843. The van der Waals surface area contributed by atoms with Crippen molar-refractivity contribution in [2.45, 2.75) is 25.5 Å². The monoisotopic (exact) mass is 235 g/mol. The SMILES string of the molecule is C[C@H](N)[C@H](O)Cc1ccccc1Cl.Cl. The Balaban J connectivity index is 0.00000169. The Morgan fingerprint density at radius 1 is 1.43 bits per heavy atom. The maximum atomic E-state index is 9.52. The molecule has 4 heteroatoms. The van der Waals surface area contributed by atoms with Crippen LogP contribution in [-0.4, -0.2) is 17.3 Å². The van der Waals surface area contributed by atoms with Gasteiger partial charge in [-0.3, -0.25) is 0 Å². The van der Waals surface area contributed by atoms with Crippen LogP contribution in [-0.2, 0) is 6.42 Å². The van der Waals surface area contributed by atoms with Crippen molar-refractivity contribution >= 4 is 24.0 Å². The number of hydrogen-bond donors (Lipinski definition) is 2. The molecule has 0 aliphatic carbocycles. The summed E-state index contributed by atoms with van der Waals surface area (Å²) >= 11 is 5.92. The molecule has 80 valence electrons. The van der Waals surface area contributed by atoms with Gasteiger partial charge in [-0.1, -0.05) is 29.8 Å². The molecule has 0 aliphatic heterocycles. The molecule has 0 saturated heterocycles. The van der Waals surface area contributed by atoms with E-state index in [9.17, 15) is 5.11 Å². The molecule has 2 nitrogen and oxygen atoms in total. The summed E-state index contributed by atoms with van der Waals surface area (Å²) in [4.78, 5) is 0. The van der Waals surface area contributed by atoms with Gasteiger partial charge in [-0.05, 0) is 18.6 Å². The van der Waals surface area contributed by atoms with E-state index in [1.165, 1.54) is 0 Å². The third-order valence-corrected chi connectivity index (χ3v) is 2.36. The van der Waals surface area contributed by atoms with Crippen LogP contribution in [0, 0.1) is 0 Å². The molecule has 1 aromatic carbocycles. The van der Waals surface area contributed by atoms with E-state index in [1.807, 2.05) is 24.3 Å². The summed E-state index contributed by atoms with van der Waals surface area (Å²) in [5.74, 6) is 0. The first kappa shape index (κ1) is 13.7. The Hall–Kier alpha value is -0.280. The van der Waals surface area contributed by atoms with E-state index in [0.29, 0.717) is 11.4 Å². The number of benzene rings is 1. The fourth-order valence-corrected chi connectivity index (χ4v) is 1.29. The van der Waals surface area contributed by atoms with Crippen molar-refractivity contribution < 1.29 is 5.11 Å². The van der Waals surface area contributed by atoms with Crippen LogP contribution in [0.3, 0.4) is 0 Å². The number of halogens is 2. The van der Waals surface area contributed by atoms with Crippen LogP contribution in [0.25, 0.3) is 0 Å². The predicted molar refractivity (Wildman–Crippen MR) is 62.1 cm³/mol. The van der Waals surface area contributed by atoms with Crippen LogP contribution in [0.15, 0.2) is 24.3 Å². The van der Waals surface area contributed by atoms with Crippen molar-refractivity contribution in [1.82, 2.24) is 0 Å². The summed E-state index contributed by atoms with van der Waals surface area (Å²) < 4.78 is 0. The number of aliphatic hydroxyl groups is 1. The highest BCUT2D eigenvalue weighted by atomic mass is 35.5. The smallest absolute Gasteiger partial charge is 0.0729 e. The van der Waals surface area contributed by atoms with Gasteiger partial charge in [0.2, 0.25) is 0 Å². The highest BCUT2D eigenvalue weighted by molar-refractivity contribution is 6.31. The minimum Gasteiger partial charge on any atom is -0.391 e. The second-order valence-electron chi connectivity index (χ2n) is 3.22. The second-order valence-corrected chi connectivity index (χ2v) is 3.63. The Labute approximate surface area is 95.5 Å². The van der Waals surface area contributed by atoms with Gasteiger partial charge >= 0.3 is 0 Å². The van der Waals surface area contributed by atoms with Crippen LogP contribution in [0.1, 0.15) is 12.5 Å². The van der Waals surface area contributed by atoms with Crippen LogP contribution < -0.4 is 5.73 Å². The van der Waals surface area contributed by atoms with Gasteiger partial charge in [-0.2, -0.15) is 0 Å². The van der Waals surface area contributed by atoms with E-state index in [4.69, 9.17) is 17.3 Å². The van der Waals surface area contributed by atoms with E-state index in [2.05, 4.69) is 0 Å². The van der Waals surface area contributed by atoms with E-state index in [1.54, 1.807) is 6.92 Å². The Bertz CT molecular complexity index is 279. The fourth-order valence-electron chi connectivity index (χ4n) is 1.08. The lowest BCUT2D eigenvalue weighted by molar-refractivity contribution is 0.151. The molecule has 2 atom stereocenters. The first-order valence-corrected chi connectivity index (χ1v) is 4.66. The molecular formula is C10H15Cl2NO. The summed E-state index contributed by atoms with van der Waals surface area (Å²) in [6.45, 7) is 1.78. The Morgan fingerprint density at radius 2 is 2.00 bits per heavy atom. The normalized spacial score (nSPS) is 14.3. The van der Waals surface area contributed by atoms with Crippen molar-refractivity contribution in [3.05, 3.63) is 34.9 Å². The van der Waals surface area contributed by atoms with Gasteiger partial charge < -0.3 is 10.8 Å². The number of rotatable bonds is 3. The predicted octanol–water partition coefficient (Wildman–Crippen LogP) is 2.01. The zero-order valence-corrected chi connectivity index (χ0v) is 9.55. The molecule has 0 saturated carbocycles. The van der Waals surface area contributed by atoms with E-state index >= 15 is 0 Å². The second kappa shape index (κ2) is 6.25. The first-order valence-electron chi connectivity index (χ1n) is 4.28. The van der Waals surface area contributed by atoms with E-state index in [0.717, 1.165) is 5.56 Å². The van der Waals surface area contributed by atoms with Crippen molar-refractivity contribution in [3.63, 3.8) is 0 Å². The molecule has 1 rings (SSSR count). The number of nitrogens with two attached hydrogens (primary N) is 1. The topological polar surface area (TPSA) is 46.2 Å². The summed E-state index contributed by atoms with van der Waals surface area (Å²) in [7, 11) is 0. The standard InChI is InChI=1S/C10H14ClNO.ClH/c1-7(12)10(13)6-8-4-2-3-5-9(8)11;/h2-5,7,10,13H,6,12H2,1H3;1H/t7-,10+;/m0./s1. The average molecular weight is 236 g/mol. The molecule has 3 N–H and O–H groups in total. The highest BCUT2D eigenvalue weighted by Crippen LogP contribution is 2.17. The first-order chi connectivity index (χ1) is 6.11. The van der Waals surface area contributed by atoms with Crippen LogP contribution in [0.5, 0.6) is 0 Å². The summed E-state index contributed by atoms with van der Waals surface area (Å²) in [5, 5.41) is 10.2. The fraction of sp³-hybridized carbons (Fsp3) is 0.400. The molecule has 1 aromatic rings. The van der Waals surface area contributed by atoms with E-state index < -0.39 is 6.10 Å². The van der Waals surface area contributed by atoms with Crippen molar-refractivity contribution in [3.8, 4) is 0 Å². The van der Waals surface area contributed by atoms with Crippen molar-refractivity contribution in [1.29, 1.82) is 0 Å². The van der Waals surface area contributed by atoms with Crippen molar-refractivity contribution in [2.75, 3.05) is 0 Å². The number of aliphatic hydroxyl groups excluding tert-OH is 1. The Kier molecular flexibility index (Phi) is 6.12. The zero-order chi connectivity index (χ0) is 9.84. The molecule has 14 heavy (non-hydrogen) atoms. The van der Waals surface area contributed by atoms with Gasteiger partial charge in [0.15, 0.2) is 0 Å². The van der Waals surface area contributed by atoms with Gasteiger partial charge in [0.25, 0.3) is 0 Å². The van der Waals surface area contributed by atoms with Gasteiger partial charge in [0.05, 0.1) is 6.10 Å². The average Bonchev–Trinajstić information content (AvgIpc) is 2.08. The molecule has 0 spiro atoms. The Morgan fingerprint density at radius 3 is 2.50 bits per heavy atom. The van der Waals surface area contributed by atoms with E-state index in [-0.39, 0.29) is 18.4 Å². The van der Waals surface area contributed by atoms with Crippen LogP contribution >= 0.6 is 24.0 Å². The lowest BCUT2D eigenvalue weighted by atomic mass is 10.0. The summed E-state index contributed by atoms with van der Waals surface area (Å²) in [5.41, 5.74) is 6.48. The highest BCUT2D eigenvalue weighted by Gasteiger charge is 2.11. The number of hydrogen-bond acceptors (Lipinski definition) is 2. The maximum absolute atomic E-state index is 9.52. The molecule has 0 amide bonds. The molecule has 0 bridgehead atoms. The maximum Gasteiger partial charge on any atom is 0.0729 e. The molecular weight excluding hydrogens is 221 g/mol. The van der Waals surface area contributed by atoms with Gasteiger partial charge in [0, 0.05) is 17.5 Å². The zero-order valence-electron chi connectivity index (χ0n) is 7.98. The third kappa shape index (κ3) is 3.84. The van der Waals surface area contributed by atoms with Crippen molar-refractivity contribution in [2.24, 2.45) is 5.73 Å². The summed E-state index contributed by atoms with van der Waals surface area (Å²) in [6, 6.07) is 7.24. The third-order valence-electron chi connectivity index (χ3n) is 1.99. The molecule has 0 aliphatic rings. The van der Waals surface area contributed by atoms with Gasteiger partial charge in [-0.15, -0.1) is 12.4 Å². The largest absolute Gasteiger partial charge is 0.391 e. The van der Waals surface area contributed by atoms with Crippen LogP contribution in [0.4, 0.5) is 0 Å². The minimum absolute atomic E-state index is 0. The molecule has 0 unspecified atom stereocenters. The molecule has 0 fully saturated rings. The summed E-state index contributed by atoms with van der Waals surface area (Å²) in [6.07, 6.45) is -0.0166. The van der Waals surface area contributed by atoms with Gasteiger partial charge in [0.1, 0.15) is 0 Å². The molecule has 0 aromatic heterocycles. The lowest BCUT2D eigenvalue weighted by Crippen LogP contribution is -2.33. The minimum atomic E-state index is -0.528. The molecule has 0 radical (unpaired) electrons. The molecule has 0 heterocycles. The van der Waals surface area contributed by atoms with Gasteiger partial charge in [-0.25, -0.2) is 0 Å². The van der Waals surface area contributed by atoms with Crippen LogP contribution in [0.2, 0.25) is 5.02 Å².